The maximum atomic E-state index is 11.9. The van der Waals surface area contributed by atoms with Crippen LogP contribution >= 0.6 is 11.3 Å². The Morgan fingerprint density at radius 2 is 2.29 bits per heavy atom. The third kappa shape index (κ3) is 2.74. The Hall–Kier alpha value is -1.27. The van der Waals surface area contributed by atoms with E-state index in [2.05, 4.69) is 11.8 Å². The molecule has 1 saturated heterocycles. The second kappa shape index (κ2) is 5.85. The highest BCUT2D eigenvalue weighted by atomic mass is 32.1. The molecule has 1 aliphatic heterocycles. The largest absolute Gasteiger partial charge is 0.465 e. The van der Waals surface area contributed by atoms with E-state index in [1.54, 1.807) is 0 Å². The zero-order valence-electron chi connectivity index (χ0n) is 12.6. The fraction of sp³-hybridized carbons (Fsp3) is 0.667. The van der Waals surface area contributed by atoms with Crippen LogP contribution in [0, 0.1) is 0 Å². The summed E-state index contributed by atoms with van der Waals surface area (Å²) in [4.78, 5) is 14.8. The molecule has 5 nitrogen and oxygen atoms in total. The molecule has 1 saturated carbocycles. The van der Waals surface area contributed by atoms with E-state index in [0.717, 1.165) is 49.5 Å². The van der Waals surface area contributed by atoms with Crippen LogP contribution in [0.1, 0.15) is 47.3 Å². The summed E-state index contributed by atoms with van der Waals surface area (Å²) in [5, 5.41) is 1.15. The van der Waals surface area contributed by atoms with E-state index in [1.165, 1.54) is 18.4 Å². The van der Waals surface area contributed by atoms with Crippen LogP contribution in [-0.4, -0.2) is 38.9 Å². The van der Waals surface area contributed by atoms with E-state index in [9.17, 15) is 4.79 Å². The first-order valence-electron chi connectivity index (χ1n) is 7.52. The highest BCUT2D eigenvalue weighted by Gasteiger charge is 2.35. The van der Waals surface area contributed by atoms with E-state index >= 15 is 0 Å². The molecular formula is C15H22N2O3S. The number of carbonyl (C=O) groups is 1. The van der Waals surface area contributed by atoms with E-state index in [1.807, 2.05) is 0 Å². The molecule has 2 heterocycles. The van der Waals surface area contributed by atoms with Crippen LogP contribution in [0.2, 0.25) is 0 Å². The fourth-order valence-corrected chi connectivity index (χ4v) is 4.10. The van der Waals surface area contributed by atoms with Gasteiger partial charge in [-0.2, -0.15) is 0 Å². The van der Waals surface area contributed by atoms with Gasteiger partial charge in [-0.15, -0.1) is 11.3 Å². The minimum Gasteiger partial charge on any atom is -0.465 e. The zero-order chi connectivity index (χ0) is 15.0. The number of anilines is 2. The topological polar surface area (TPSA) is 64.8 Å². The van der Waals surface area contributed by atoms with Crippen molar-refractivity contribution >= 4 is 28.0 Å². The Bertz CT molecular complexity index is 539. The summed E-state index contributed by atoms with van der Waals surface area (Å²) < 4.78 is 10.6. The average Bonchev–Trinajstić information content (AvgIpc) is 3.29. The summed E-state index contributed by atoms with van der Waals surface area (Å²) in [7, 11) is 1.40. The van der Waals surface area contributed by atoms with Gasteiger partial charge < -0.3 is 20.1 Å². The number of morpholine rings is 1. The van der Waals surface area contributed by atoms with Crippen molar-refractivity contribution in [1.29, 1.82) is 0 Å². The first kappa shape index (κ1) is 14.7. The van der Waals surface area contributed by atoms with Gasteiger partial charge in [-0.25, -0.2) is 4.79 Å². The lowest BCUT2D eigenvalue weighted by Crippen LogP contribution is -2.42. The van der Waals surface area contributed by atoms with Crippen LogP contribution in [0.3, 0.4) is 0 Å². The molecule has 0 spiro atoms. The normalized spacial score (nSPS) is 22.4. The third-order valence-electron chi connectivity index (χ3n) is 4.20. The lowest BCUT2D eigenvalue weighted by atomic mass is 10.1. The van der Waals surface area contributed by atoms with Crippen LogP contribution in [0.15, 0.2) is 0 Å². The number of rotatable bonds is 4. The van der Waals surface area contributed by atoms with Gasteiger partial charge in [0.25, 0.3) is 0 Å². The average molecular weight is 310 g/mol. The van der Waals surface area contributed by atoms with Crippen molar-refractivity contribution in [2.45, 2.75) is 38.2 Å². The molecular weight excluding hydrogens is 288 g/mol. The van der Waals surface area contributed by atoms with Gasteiger partial charge in [0.2, 0.25) is 0 Å². The summed E-state index contributed by atoms with van der Waals surface area (Å²) in [6.07, 6.45) is 3.59. The minimum atomic E-state index is -0.328. The molecule has 2 aliphatic rings. The van der Waals surface area contributed by atoms with E-state index in [4.69, 9.17) is 15.2 Å². The Labute approximate surface area is 129 Å². The second-order valence-electron chi connectivity index (χ2n) is 5.68. The van der Waals surface area contributed by atoms with Gasteiger partial charge in [-0.05, 0) is 25.2 Å². The summed E-state index contributed by atoms with van der Waals surface area (Å²) in [5.74, 6) is 0.184. The molecule has 0 radical (unpaired) electrons. The van der Waals surface area contributed by atoms with Crippen molar-refractivity contribution in [3.8, 4) is 0 Å². The number of hydrogen-bond donors (Lipinski definition) is 1. The van der Waals surface area contributed by atoms with Crippen molar-refractivity contribution < 1.29 is 14.3 Å². The summed E-state index contributed by atoms with van der Waals surface area (Å²) in [6.45, 7) is 4.60. The molecule has 0 bridgehead atoms. The highest BCUT2D eigenvalue weighted by molar-refractivity contribution is 7.18. The second-order valence-corrected chi connectivity index (χ2v) is 6.68. The summed E-state index contributed by atoms with van der Waals surface area (Å²) in [6, 6.07) is 0. The molecule has 2 fully saturated rings. The molecule has 0 aromatic carbocycles. The monoisotopic (exact) mass is 310 g/mol. The van der Waals surface area contributed by atoms with Gasteiger partial charge in [0.05, 0.1) is 30.5 Å². The molecule has 1 unspecified atom stereocenters. The Balaban J connectivity index is 1.95. The van der Waals surface area contributed by atoms with Crippen LogP contribution in [-0.2, 0) is 9.47 Å². The number of hydrogen-bond acceptors (Lipinski definition) is 6. The van der Waals surface area contributed by atoms with E-state index < -0.39 is 0 Å². The molecule has 0 amide bonds. The number of nitrogens with two attached hydrogens (primary N) is 1. The number of carbonyl (C=O) groups excluding carboxylic acids is 1. The first-order chi connectivity index (χ1) is 10.2. The predicted octanol–water partition coefficient (Wildman–Crippen LogP) is 2.61. The van der Waals surface area contributed by atoms with Gasteiger partial charge in [0, 0.05) is 18.7 Å². The zero-order valence-corrected chi connectivity index (χ0v) is 13.4. The molecule has 2 N–H and O–H groups in total. The number of nitrogen functional groups attached to an aromatic ring is 1. The number of nitrogens with zero attached hydrogens (tertiary/aromatic N) is 1. The van der Waals surface area contributed by atoms with Gasteiger partial charge in [-0.1, -0.05) is 6.92 Å². The lowest BCUT2D eigenvalue weighted by Gasteiger charge is -2.34. The SMILES string of the molecule is CCC1CN(c2sc(C(=O)OC)c(N)c2C2CC2)CCO1. The maximum absolute atomic E-state index is 11.9. The van der Waals surface area contributed by atoms with E-state index in [0.29, 0.717) is 16.5 Å². The number of ether oxygens (including phenoxy) is 2. The van der Waals surface area contributed by atoms with Gasteiger partial charge in [0.15, 0.2) is 0 Å². The standard InChI is InChI=1S/C15H22N2O3S/c1-3-10-8-17(6-7-20-10)14-11(9-4-5-9)12(16)13(21-14)15(18)19-2/h9-10H,3-8,16H2,1-2H3. The smallest absolute Gasteiger partial charge is 0.350 e. The van der Waals surface area contributed by atoms with Gasteiger partial charge >= 0.3 is 5.97 Å². The van der Waals surface area contributed by atoms with Crippen LogP contribution in [0.4, 0.5) is 10.7 Å². The molecule has 21 heavy (non-hydrogen) atoms. The summed E-state index contributed by atoms with van der Waals surface area (Å²) in [5.41, 5.74) is 8.04. The molecule has 1 atom stereocenters. The van der Waals surface area contributed by atoms with Crippen LogP contribution < -0.4 is 10.6 Å². The molecule has 1 aromatic rings. The molecule has 1 aromatic heterocycles. The number of thiophene rings is 1. The summed E-state index contributed by atoms with van der Waals surface area (Å²) >= 11 is 1.48. The number of methoxy groups -OCH3 is 1. The lowest BCUT2D eigenvalue weighted by molar-refractivity contribution is 0.0386. The van der Waals surface area contributed by atoms with Crippen molar-refractivity contribution in [3.63, 3.8) is 0 Å². The van der Waals surface area contributed by atoms with Gasteiger partial charge in [0.1, 0.15) is 4.88 Å². The van der Waals surface area contributed by atoms with Crippen molar-refractivity contribution in [2.24, 2.45) is 0 Å². The molecule has 1 aliphatic carbocycles. The number of esters is 1. The van der Waals surface area contributed by atoms with Crippen LogP contribution in [0.5, 0.6) is 0 Å². The molecule has 116 valence electrons. The molecule has 3 rings (SSSR count). The fourth-order valence-electron chi connectivity index (χ4n) is 2.84. The Morgan fingerprint density at radius 3 is 2.90 bits per heavy atom. The minimum absolute atomic E-state index is 0.260. The molecule has 6 heteroatoms. The van der Waals surface area contributed by atoms with Gasteiger partial charge in [-0.3, -0.25) is 0 Å². The first-order valence-corrected chi connectivity index (χ1v) is 8.34. The van der Waals surface area contributed by atoms with Crippen molar-refractivity contribution in [3.05, 3.63) is 10.4 Å². The Kier molecular flexibility index (Phi) is 4.08. The highest BCUT2D eigenvalue weighted by Crippen LogP contribution is 2.52. The predicted molar refractivity (Wildman–Crippen MR) is 84.3 cm³/mol. The third-order valence-corrected chi connectivity index (χ3v) is 5.46. The van der Waals surface area contributed by atoms with E-state index in [-0.39, 0.29) is 12.1 Å². The van der Waals surface area contributed by atoms with Crippen LogP contribution in [0.25, 0.3) is 0 Å². The van der Waals surface area contributed by atoms with Crippen molar-refractivity contribution in [1.82, 2.24) is 0 Å². The maximum Gasteiger partial charge on any atom is 0.350 e. The van der Waals surface area contributed by atoms with Crippen molar-refractivity contribution in [2.75, 3.05) is 37.4 Å². The quantitative estimate of drug-likeness (QED) is 0.866. The Morgan fingerprint density at radius 1 is 1.52 bits per heavy atom.